The molecular weight excluding hydrogens is 402 g/mol. The first-order chi connectivity index (χ1) is 15.2. The van der Waals surface area contributed by atoms with Gasteiger partial charge in [-0.25, -0.2) is 0 Å². The van der Waals surface area contributed by atoms with Crippen molar-refractivity contribution in [2.45, 2.75) is 53.9 Å². The van der Waals surface area contributed by atoms with Crippen LogP contribution in [0, 0.1) is 30.6 Å². The van der Waals surface area contributed by atoms with Crippen molar-refractivity contribution in [2.75, 3.05) is 37.6 Å². The molecule has 176 valence electrons. The fourth-order valence-electron chi connectivity index (χ4n) is 4.85. The average Bonchev–Trinajstić information content (AvgIpc) is 3.14. The Bertz CT molecular complexity index is 800. The van der Waals surface area contributed by atoms with Crippen molar-refractivity contribution < 1.29 is 14.4 Å². The van der Waals surface area contributed by atoms with E-state index in [2.05, 4.69) is 27.7 Å². The van der Waals surface area contributed by atoms with Crippen LogP contribution in [-0.2, 0) is 14.4 Å². The Morgan fingerprint density at radius 3 is 2.06 bits per heavy atom. The summed E-state index contributed by atoms with van der Waals surface area (Å²) in [5, 5.41) is 0. The lowest BCUT2D eigenvalue weighted by Gasteiger charge is -2.36. The molecule has 2 saturated heterocycles. The fourth-order valence-corrected chi connectivity index (χ4v) is 4.85. The molecule has 3 rings (SSSR count). The Balaban J connectivity index is 1.55. The second kappa shape index (κ2) is 10.5. The number of benzene rings is 1. The van der Waals surface area contributed by atoms with Crippen molar-refractivity contribution in [3.63, 3.8) is 0 Å². The molecule has 0 bridgehead atoms. The number of piperidine rings is 1. The highest BCUT2D eigenvalue weighted by atomic mass is 16.2. The quantitative estimate of drug-likeness (QED) is 0.648. The summed E-state index contributed by atoms with van der Waals surface area (Å²) < 4.78 is 0. The van der Waals surface area contributed by atoms with Gasteiger partial charge < -0.3 is 14.7 Å². The zero-order valence-electron chi connectivity index (χ0n) is 20.3. The number of amides is 3. The molecule has 1 aromatic rings. The molecule has 0 spiro atoms. The fraction of sp³-hybridized carbons (Fsp3) is 0.654. The number of anilines is 1. The van der Waals surface area contributed by atoms with Gasteiger partial charge in [-0.3, -0.25) is 14.4 Å². The summed E-state index contributed by atoms with van der Waals surface area (Å²) in [5.74, 6) is 0.878. The van der Waals surface area contributed by atoms with Gasteiger partial charge in [0, 0.05) is 50.7 Å². The molecule has 2 fully saturated rings. The number of hydrogen-bond acceptors (Lipinski definition) is 3. The van der Waals surface area contributed by atoms with E-state index in [9.17, 15) is 14.4 Å². The zero-order valence-corrected chi connectivity index (χ0v) is 20.3. The van der Waals surface area contributed by atoms with Crippen molar-refractivity contribution in [3.05, 3.63) is 29.8 Å². The average molecular weight is 442 g/mol. The first-order valence-corrected chi connectivity index (χ1v) is 12.1. The van der Waals surface area contributed by atoms with Gasteiger partial charge in [-0.15, -0.1) is 0 Å². The van der Waals surface area contributed by atoms with Crippen molar-refractivity contribution in [1.82, 2.24) is 9.80 Å². The molecule has 1 atom stereocenters. The van der Waals surface area contributed by atoms with Gasteiger partial charge in [-0.05, 0) is 43.7 Å². The van der Waals surface area contributed by atoms with E-state index in [1.807, 2.05) is 41.0 Å². The molecule has 1 unspecified atom stereocenters. The monoisotopic (exact) mass is 441 g/mol. The number of carbonyl (C=O) groups is 3. The summed E-state index contributed by atoms with van der Waals surface area (Å²) in [4.78, 5) is 44.4. The minimum Gasteiger partial charge on any atom is -0.342 e. The van der Waals surface area contributed by atoms with E-state index in [0.29, 0.717) is 44.3 Å². The maximum absolute atomic E-state index is 13.1. The Hall–Kier alpha value is -2.37. The van der Waals surface area contributed by atoms with E-state index in [0.717, 1.165) is 24.3 Å². The predicted octanol–water partition coefficient (Wildman–Crippen LogP) is 3.73. The summed E-state index contributed by atoms with van der Waals surface area (Å²) in [6, 6.07) is 7.86. The summed E-state index contributed by atoms with van der Waals surface area (Å²) in [7, 11) is 0. The SMILES string of the molecule is Cc1ccc(N2CC(C(=O)N3CCC(C(=O)N(CC(C)C)CC(C)C)CC3)CC2=O)cc1. The van der Waals surface area contributed by atoms with E-state index in [-0.39, 0.29) is 36.0 Å². The highest BCUT2D eigenvalue weighted by Crippen LogP contribution is 2.28. The van der Waals surface area contributed by atoms with Crippen LogP contribution in [0.1, 0.15) is 52.5 Å². The summed E-state index contributed by atoms with van der Waals surface area (Å²) in [6.45, 7) is 13.8. The molecule has 2 aliphatic rings. The van der Waals surface area contributed by atoms with Crippen LogP contribution in [0.4, 0.5) is 5.69 Å². The number of aryl methyl sites for hydroxylation is 1. The van der Waals surface area contributed by atoms with E-state index in [1.54, 1.807) is 4.90 Å². The van der Waals surface area contributed by atoms with Gasteiger partial charge >= 0.3 is 0 Å². The molecule has 0 radical (unpaired) electrons. The van der Waals surface area contributed by atoms with Crippen LogP contribution in [-0.4, -0.2) is 60.2 Å². The van der Waals surface area contributed by atoms with E-state index >= 15 is 0 Å². The third-order valence-electron chi connectivity index (χ3n) is 6.46. The van der Waals surface area contributed by atoms with Gasteiger partial charge in [0.15, 0.2) is 0 Å². The molecule has 0 N–H and O–H groups in total. The van der Waals surface area contributed by atoms with Crippen molar-refractivity contribution in [1.29, 1.82) is 0 Å². The van der Waals surface area contributed by atoms with E-state index in [4.69, 9.17) is 0 Å². The molecule has 6 heteroatoms. The molecule has 0 aromatic heterocycles. The third-order valence-corrected chi connectivity index (χ3v) is 6.46. The second-order valence-electron chi connectivity index (χ2n) is 10.4. The van der Waals surface area contributed by atoms with E-state index in [1.165, 1.54) is 0 Å². The maximum Gasteiger partial charge on any atom is 0.228 e. The normalized spacial score (nSPS) is 19.8. The molecule has 2 aliphatic heterocycles. The lowest BCUT2D eigenvalue weighted by atomic mass is 9.93. The first-order valence-electron chi connectivity index (χ1n) is 12.1. The largest absolute Gasteiger partial charge is 0.342 e. The van der Waals surface area contributed by atoms with Gasteiger partial charge in [0.1, 0.15) is 0 Å². The number of nitrogens with zero attached hydrogens (tertiary/aromatic N) is 3. The van der Waals surface area contributed by atoms with Gasteiger partial charge in [0.2, 0.25) is 17.7 Å². The highest BCUT2D eigenvalue weighted by Gasteiger charge is 2.39. The minimum absolute atomic E-state index is 0.00850. The topological polar surface area (TPSA) is 60.9 Å². The van der Waals surface area contributed by atoms with Gasteiger partial charge in [-0.2, -0.15) is 0 Å². The molecule has 6 nitrogen and oxygen atoms in total. The Morgan fingerprint density at radius 1 is 0.969 bits per heavy atom. The second-order valence-corrected chi connectivity index (χ2v) is 10.4. The molecule has 0 saturated carbocycles. The third kappa shape index (κ3) is 5.90. The number of hydrogen-bond donors (Lipinski definition) is 0. The van der Waals surface area contributed by atoms with Crippen LogP contribution in [0.3, 0.4) is 0 Å². The smallest absolute Gasteiger partial charge is 0.228 e. The molecule has 3 amide bonds. The first kappa shape index (κ1) is 24.3. The van der Waals surface area contributed by atoms with Crippen molar-refractivity contribution in [3.8, 4) is 0 Å². The Labute approximate surface area is 192 Å². The van der Waals surface area contributed by atoms with Crippen LogP contribution in [0.25, 0.3) is 0 Å². The molecule has 32 heavy (non-hydrogen) atoms. The summed E-state index contributed by atoms with van der Waals surface area (Å²) in [5.41, 5.74) is 2.00. The van der Waals surface area contributed by atoms with Crippen LogP contribution in [0.15, 0.2) is 24.3 Å². The minimum atomic E-state index is -0.297. The Kier molecular flexibility index (Phi) is 7.96. The molecule has 2 heterocycles. The summed E-state index contributed by atoms with van der Waals surface area (Å²) >= 11 is 0. The van der Waals surface area contributed by atoms with Crippen LogP contribution in [0.5, 0.6) is 0 Å². The molecule has 0 aliphatic carbocycles. The van der Waals surface area contributed by atoms with Crippen LogP contribution >= 0.6 is 0 Å². The Morgan fingerprint density at radius 2 is 1.53 bits per heavy atom. The number of likely N-dealkylation sites (tertiary alicyclic amines) is 1. The van der Waals surface area contributed by atoms with E-state index < -0.39 is 0 Å². The van der Waals surface area contributed by atoms with Gasteiger partial charge in [0.05, 0.1) is 5.92 Å². The predicted molar refractivity (Wildman–Crippen MR) is 127 cm³/mol. The standard InChI is InChI=1S/C26H39N3O3/c1-18(2)15-28(16-19(3)4)25(31)21-10-12-27(13-11-21)26(32)22-14-24(30)29(17-22)23-8-6-20(5)7-9-23/h6-9,18-19,21-22H,10-17H2,1-5H3. The number of rotatable bonds is 7. The maximum atomic E-state index is 13.1. The number of carbonyl (C=O) groups excluding carboxylic acids is 3. The van der Waals surface area contributed by atoms with Gasteiger partial charge in [-0.1, -0.05) is 45.4 Å². The van der Waals surface area contributed by atoms with Crippen molar-refractivity contribution >= 4 is 23.4 Å². The molecular formula is C26H39N3O3. The highest BCUT2D eigenvalue weighted by molar-refractivity contribution is 6.00. The lowest BCUT2D eigenvalue weighted by Crippen LogP contribution is -2.47. The van der Waals surface area contributed by atoms with Crippen LogP contribution < -0.4 is 4.90 Å². The van der Waals surface area contributed by atoms with Crippen LogP contribution in [0.2, 0.25) is 0 Å². The van der Waals surface area contributed by atoms with Gasteiger partial charge in [0.25, 0.3) is 0 Å². The summed E-state index contributed by atoms with van der Waals surface area (Å²) in [6.07, 6.45) is 1.68. The van der Waals surface area contributed by atoms with Crippen molar-refractivity contribution in [2.24, 2.45) is 23.7 Å². The molecule has 1 aromatic carbocycles. The zero-order chi connectivity index (χ0) is 23.4. The lowest BCUT2D eigenvalue weighted by molar-refractivity contribution is -0.143.